The second-order valence-corrected chi connectivity index (χ2v) is 7.68. The van der Waals surface area contributed by atoms with Crippen molar-refractivity contribution in [2.45, 2.75) is 72.6 Å². The molecule has 2 N–H and O–H groups in total. The number of rotatable bonds is 5. The van der Waals surface area contributed by atoms with Crippen molar-refractivity contribution in [1.82, 2.24) is 10.6 Å². The summed E-state index contributed by atoms with van der Waals surface area (Å²) in [6.07, 6.45) is -0.689. The van der Waals surface area contributed by atoms with Gasteiger partial charge in [0.05, 0.1) is 0 Å². The molecule has 0 bridgehead atoms. The van der Waals surface area contributed by atoms with E-state index in [-0.39, 0.29) is 12.5 Å². The average molecular weight is 330 g/mol. The van der Waals surface area contributed by atoms with E-state index in [1.807, 2.05) is 0 Å². The molecule has 0 aromatic carbocycles. The Hall–Kier alpha value is -1.79. The van der Waals surface area contributed by atoms with Crippen LogP contribution in [0.3, 0.4) is 0 Å². The first kappa shape index (κ1) is 21.2. The number of esters is 1. The van der Waals surface area contributed by atoms with Gasteiger partial charge in [-0.25, -0.2) is 9.59 Å². The predicted octanol–water partition coefficient (Wildman–Crippen LogP) is 1.99. The molecule has 0 aromatic rings. The van der Waals surface area contributed by atoms with Crippen LogP contribution in [0.25, 0.3) is 0 Å². The van der Waals surface area contributed by atoms with Gasteiger partial charge in [-0.3, -0.25) is 4.79 Å². The molecule has 0 fully saturated rings. The van der Waals surface area contributed by atoms with Crippen molar-refractivity contribution in [3.63, 3.8) is 0 Å². The highest BCUT2D eigenvalue weighted by molar-refractivity contribution is 5.87. The molecular weight excluding hydrogens is 300 g/mol. The molecule has 0 aromatic heterocycles. The van der Waals surface area contributed by atoms with Crippen molar-refractivity contribution >= 4 is 18.0 Å². The number of carbonyl (C=O) groups is 3. The van der Waals surface area contributed by atoms with Crippen molar-refractivity contribution in [3.05, 3.63) is 0 Å². The minimum atomic E-state index is -0.776. The average Bonchev–Trinajstić information content (AvgIpc) is 2.28. The van der Waals surface area contributed by atoms with Gasteiger partial charge in [-0.2, -0.15) is 0 Å². The third-order valence-corrected chi connectivity index (χ3v) is 2.44. The zero-order valence-electron chi connectivity index (χ0n) is 15.4. The second-order valence-electron chi connectivity index (χ2n) is 7.68. The van der Waals surface area contributed by atoms with Gasteiger partial charge in [0.2, 0.25) is 5.91 Å². The van der Waals surface area contributed by atoms with Crippen molar-refractivity contribution in [2.24, 2.45) is 5.92 Å². The third-order valence-electron chi connectivity index (χ3n) is 2.44. The molecule has 7 nitrogen and oxygen atoms in total. The van der Waals surface area contributed by atoms with Crippen molar-refractivity contribution < 1.29 is 23.9 Å². The van der Waals surface area contributed by atoms with E-state index in [2.05, 4.69) is 10.6 Å². The van der Waals surface area contributed by atoms with Gasteiger partial charge in [0, 0.05) is 0 Å². The number of hydrogen-bond donors (Lipinski definition) is 2. The van der Waals surface area contributed by atoms with E-state index < -0.39 is 35.2 Å². The van der Waals surface area contributed by atoms with Crippen LogP contribution < -0.4 is 10.6 Å². The summed E-state index contributed by atoms with van der Waals surface area (Å²) >= 11 is 0. The van der Waals surface area contributed by atoms with Crippen LogP contribution in [-0.2, 0) is 19.1 Å². The number of alkyl carbamates (subject to hydrolysis) is 1. The lowest BCUT2D eigenvalue weighted by molar-refractivity contribution is -0.159. The molecule has 0 aliphatic heterocycles. The number of nitrogens with one attached hydrogen (secondary N) is 2. The smallest absolute Gasteiger partial charge is 0.408 e. The lowest BCUT2D eigenvalue weighted by atomic mass is 10.0. The summed E-state index contributed by atoms with van der Waals surface area (Å²) in [5.74, 6) is -1.13. The number of ether oxygens (including phenoxy) is 2. The Balaban J connectivity index is 4.53. The lowest BCUT2D eigenvalue weighted by Gasteiger charge is -2.26. The van der Waals surface area contributed by atoms with Gasteiger partial charge in [0.25, 0.3) is 0 Å². The topological polar surface area (TPSA) is 93.7 Å². The normalized spacial score (nSPS) is 13.3. The van der Waals surface area contributed by atoms with Gasteiger partial charge in [-0.15, -0.1) is 0 Å². The van der Waals surface area contributed by atoms with E-state index in [4.69, 9.17) is 9.47 Å². The van der Waals surface area contributed by atoms with Crippen molar-refractivity contribution in [1.29, 1.82) is 0 Å². The molecule has 0 saturated heterocycles. The van der Waals surface area contributed by atoms with E-state index in [0.717, 1.165) is 0 Å². The Morgan fingerprint density at radius 3 is 1.78 bits per heavy atom. The summed E-state index contributed by atoms with van der Waals surface area (Å²) in [6.45, 7) is 13.8. The maximum atomic E-state index is 12.1. The molecule has 0 rings (SSSR count). The first-order chi connectivity index (χ1) is 10.2. The zero-order chi connectivity index (χ0) is 18.4. The SMILES string of the molecule is CC(C)[C@H](NC(=O)CNC(=O)OC(C)(C)C)C(=O)OC(C)(C)C. The predicted molar refractivity (Wildman–Crippen MR) is 86.9 cm³/mol. The van der Waals surface area contributed by atoms with E-state index in [9.17, 15) is 14.4 Å². The summed E-state index contributed by atoms with van der Waals surface area (Å²) in [7, 11) is 0. The largest absolute Gasteiger partial charge is 0.458 e. The molecule has 0 aliphatic carbocycles. The van der Waals surface area contributed by atoms with Crippen LogP contribution in [0.4, 0.5) is 4.79 Å². The summed E-state index contributed by atoms with van der Waals surface area (Å²) in [5.41, 5.74) is -1.28. The zero-order valence-corrected chi connectivity index (χ0v) is 15.4. The van der Waals surface area contributed by atoms with Crippen LogP contribution in [0, 0.1) is 5.92 Å². The standard InChI is InChI=1S/C16H30N2O5/c1-10(2)12(13(20)22-15(3,4)5)18-11(19)9-17-14(21)23-16(6,7)8/h10,12H,9H2,1-8H3,(H,17,21)(H,18,19)/t12-/m0/s1. The van der Waals surface area contributed by atoms with Crippen LogP contribution in [0.5, 0.6) is 0 Å². The molecule has 0 radical (unpaired) electrons. The Morgan fingerprint density at radius 1 is 0.913 bits per heavy atom. The van der Waals surface area contributed by atoms with E-state index in [1.54, 1.807) is 55.4 Å². The molecule has 0 unspecified atom stereocenters. The summed E-state index contributed by atoms with van der Waals surface area (Å²) in [5, 5.41) is 4.92. The fourth-order valence-corrected chi connectivity index (χ4v) is 1.55. The second kappa shape index (κ2) is 8.17. The van der Waals surface area contributed by atoms with Crippen LogP contribution in [-0.4, -0.2) is 41.8 Å². The van der Waals surface area contributed by atoms with Crippen LogP contribution in [0.15, 0.2) is 0 Å². The summed E-state index contributed by atoms with van der Waals surface area (Å²) in [4.78, 5) is 35.5. The molecule has 0 aliphatic rings. The van der Waals surface area contributed by atoms with E-state index in [1.165, 1.54) is 0 Å². The fourth-order valence-electron chi connectivity index (χ4n) is 1.55. The van der Waals surface area contributed by atoms with Gasteiger partial charge in [0.1, 0.15) is 23.8 Å². The number of hydrogen-bond acceptors (Lipinski definition) is 5. The van der Waals surface area contributed by atoms with E-state index in [0.29, 0.717) is 0 Å². The first-order valence-corrected chi connectivity index (χ1v) is 7.70. The summed E-state index contributed by atoms with van der Waals surface area (Å²) < 4.78 is 10.3. The molecule has 134 valence electrons. The Labute approximate surface area is 138 Å². The van der Waals surface area contributed by atoms with E-state index >= 15 is 0 Å². The monoisotopic (exact) mass is 330 g/mol. The molecule has 0 heterocycles. The third kappa shape index (κ3) is 10.5. The quantitative estimate of drug-likeness (QED) is 0.752. The maximum absolute atomic E-state index is 12.1. The molecule has 7 heteroatoms. The summed E-state index contributed by atoms with van der Waals surface area (Å²) in [6, 6.07) is -0.776. The van der Waals surface area contributed by atoms with Gasteiger partial charge in [-0.05, 0) is 47.5 Å². The first-order valence-electron chi connectivity index (χ1n) is 7.70. The maximum Gasteiger partial charge on any atom is 0.408 e. The van der Waals surface area contributed by atoms with Gasteiger partial charge in [-0.1, -0.05) is 13.8 Å². The fraction of sp³-hybridized carbons (Fsp3) is 0.812. The minimum absolute atomic E-state index is 0.143. The highest BCUT2D eigenvalue weighted by atomic mass is 16.6. The minimum Gasteiger partial charge on any atom is -0.458 e. The molecule has 1 atom stereocenters. The highest BCUT2D eigenvalue weighted by Gasteiger charge is 2.29. The van der Waals surface area contributed by atoms with Crippen LogP contribution in [0.2, 0.25) is 0 Å². The van der Waals surface area contributed by atoms with Crippen molar-refractivity contribution in [3.8, 4) is 0 Å². The number of carbonyl (C=O) groups excluding carboxylic acids is 3. The molecule has 2 amide bonds. The Bertz CT molecular complexity index is 433. The molecule has 0 saturated carbocycles. The highest BCUT2D eigenvalue weighted by Crippen LogP contribution is 2.12. The Morgan fingerprint density at radius 2 is 1.39 bits per heavy atom. The molecule has 23 heavy (non-hydrogen) atoms. The lowest BCUT2D eigenvalue weighted by Crippen LogP contribution is -2.50. The van der Waals surface area contributed by atoms with Gasteiger partial charge < -0.3 is 20.1 Å². The molecular formula is C16H30N2O5. The number of amides is 2. The van der Waals surface area contributed by atoms with Crippen molar-refractivity contribution in [2.75, 3.05) is 6.54 Å². The van der Waals surface area contributed by atoms with Gasteiger partial charge in [0.15, 0.2) is 0 Å². The Kier molecular flexibility index (Phi) is 7.54. The molecule has 0 spiro atoms. The van der Waals surface area contributed by atoms with Crippen LogP contribution in [0.1, 0.15) is 55.4 Å². The van der Waals surface area contributed by atoms with Gasteiger partial charge >= 0.3 is 12.1 Å². The van der Waals surface area contributed by atoms with Crippen LogP contribution >= 0.6 is 0 Å².